The Hall–Kier alpha value is -1.81. The van der Waals surface area contributed by atoms with E-state index in [1.165, 1.54) is 15.6 Å². The third kappa shape index (κ3) is 3.75. The normalized spacial score (nSPS) is 17.7. The van der Waals surface area contributed by atoms with Crippen molar-refractivity contribution >= 4 is 23.1 Å². The Morgan fingerprint density at radius 2 is 2.04 bits per heavy atom. The van der Waals surface area contributed by atoms with Gasteiger partial charge >= 0.3 is 12.2 Å². The molecular formula is C12H14ClF3N6O. The second kappa shape index (κ2) is 6.00. The Kier molecular flexibility index (Phi) is 4.19. The van der Waals surface area contributed by atoms with Crippen LogP contribution < -0.4 is 10.5 Å². The van der Waals surface area contributed by atoms with Gasteiger partial charge in [-0.15, -0.1) is 5.10 Å². The van der Waals surface area contributed by atoms with Crippen LogP contribution in [0.3, 0.4) is 0 Å². The summed E-state index contributed by atoms with van der Waals surface area (Å²) in [6.07, 6.45) is -2.09. The number of likely N-dealkylation sites (tertiary alicyclic amines) is 1. The summed E-state index contributed by atoms with van der Waals surface area (Å²) in [6.45, 7) is -0.293. The van der Waals surface area contributed by atoms with Crippen molar-refractivity contribution in [2.75, 3.05) is 25.4 Å². The van der Waals surface area contributed by atoms with Crippen LogP contribution in [-0.4, -0.2) is 56.4 Å². The molecule has 0 spiro atoms. The van der Waals surface area contributed by atoms with E-state index in [2.05, 4.69) is 15.1 Å². The van der Waals surface area contributed by atoms with E-state index in [1.807, 2.05) is 0 Å². The second-order valence-corrected chi connectivity index (χ2v) is 5.67. The highest BCUT2D eigenvalue weighted by Gasteiger charge is 2.33. The molecule has 126 valence electrons. The molecule has 3 heterocycles. The molecule has 2 aromatic heterocycles. The smallest absolute Gasteiger partial charge is 0.401 e. The summed E-state index contributed by atoms with van der Waals surface area (Å²) < 4.78 is 44.2. The lowest BCUT2D eigenvalue weighted by Gasteiger charge is -2.31. The highest BCUT2D eigenvalue weighted by Crippen LogP contribution is 2.25. The minimum absolute atomic E-state index is 0.0383. The van der Waals surface area contributed by atoms with Crippen LogP contribution in [0.25, 0.3) is 5.52 Å². The first-order valence-electron chi connectivity index (χ1n) is 6.94. The Morgan fingerprint density at radius 1 is 1.35 bits per heavy atom. The lowest BCUT2D eigenvalue weighted by molar-refractivity contribution is -0.149. The number of nitrogen functional groups attached to an aromatic ring is 1. The maximum Gasteiger partial charge on any atom is 0.401 e. The molecule has 2 aromatic rings. The molecule has 0 radical (unpaired) electrons. The van der Waals surface area contributed by atoms with Gasteiger partial charge in [-0.3, -0.25) is 4.90 Å². The zero-order chi connectivity index (χ0) is 16.6. The summed E-state index contributed by atoms with van der Waals surface area (Å²) in [5, 5.41) is 4.15. The number of fused-ring (bicyclic) bond motifs is 1. The van der Waals surface area contributed by atoms with Crippen LogP contribution in [-0.2, 0) is 0 Å². The van der Waals surface area contributed by atoms with E-state index >= 15 is 0 Å². The molecule has 23 heavy (non-hydrogen) atoms. The first-order valence-corrected chi connectivity index (χ1v) is 7.32. The van der Waals surface area contributed by atoms with Crippen LogP contribution in [0.15, 0.2) is 6.20 Å². The van der Waals surface area contributed by atoms with Gasteiger partial charge in [0.25, 0.3) is 0 Å². The van der Waals surface area contributed by atoms with Crippen LogP contribution >= 0.6 is 11.6 Å². The summed E-state index contributed by atoms with van der Waals surface area (Å²) in [4.78, 5) is 9.24. The number of ether oxygens (including phenoxy) is 1. The highest BCUT2D eigenvalue weighted by atomic mass is 35.5. The number of hydrogen-bond acceptors (Lipinski definition) is 6. The quantitative estimate of drug-likeness (QED) is 0.908. The summed E-state index contributed by atoms with van der Waals surface area (Å²) in [7, 11) is 0. The molecule has 1 fully saturated rings. The SMILES string of the molecule is Nc1ncc2c(Cl)nc(OC3CCN(CC(F)(F)F)CC3)n2n1. The van der Waals surface area contributed by atoms with Crippen LogP contribution in [0, 0.1) is 0 Å². The molecule has 7 nitrogen and oxygen atoms in total. The lowest BCUT2D eigenvalue weighted by atomic mass is 10.1. The average molecular weight is 351 g/mol. The molecular weight excluding hydrogens is 337 g/mol. The van der Waals surface area contributed by atoms with Crippen molar-refractivity contribution in [1.82, 2.24) is 24.5 Å². The molecule has 0 saturated carbocycles. The van der Waals surface area contributed by atoms with Gasteiger partial charge in [-0.05, 0) is 12.8 Å². The van der Waals surface area contributed by atoms with Gasteiger partial charge in [0, 0.05) is 13.1 Å². The molecule has 0 atom stereocenters. The van der Waals surface area contributed by atoms with Crippen LogP contribution in [0.2, 0.25) is 5.15 Å². The molecule has 0 amide bonds. The number of piperidine rings is 1. The van der Waals surface area contributed by atoms with Gasteiger partial charge in [0.05, 0.1) is 12.7 Å². The van der Waals surface area contributed by atoms with Gasteiger partial charge in [-0.25, -0.2) is 4.98 Å². The van der Waals surface area contributed by atoms with Crippen molar-refractivity contribution in [2.24, 2.45) is 0 Å². The standard InChI is InChI=1S/C12H14ClF3N6O/c13-9-8-5-18-10(17)20-22(8)11(19-9)23-7-1-3-21(4-2-7)6-12(14,15)16/h5,7H,1-4,6H2,(H2,17,20). The lowest BCUT2D eigenvalue weighted by Crippen LogP contribution is -2.43. The molecule has 2 N–H and O–H groups in total. The zero-order valence-electron chi connectivity index (χ0n) is 11.9. The summed E-state index contributed by atoms with van der Waals surface area (Å²) in [6, 6.07) is 0.161. The summed E-state index contributed by atoms with van der Waals surface area (Å²) in [5.41, 5.74) is 5.98. The van der Waals surface area contributed by atoms with E-state index in [0.717, 1.165) is 0 Å². The van der Waals surface area contributed by atoms with Crippen molar-refractivity contribution in [3.63, 3.8) is 0 Å². The molecule has 0 bridgehead atoms. The van der Waals surface area contributed by atoms with Gasteiger partial charge in [0.15, 0.2) is 5.15 Å². The molecule has 0 aliphatic carbocycles. The van der Waals surface area contributed by atoms with E-state index in [4.69, 9.17) is 22.1 Å². The molecule has 0 aromatic carbocycles. The minimum atomic E-state index is -4.19. The maximum atomic E-state index is 12.4. The predicted molar refractivity (Wildman–Crippen MR) is 76.3 cm³/mol. The van der Waals surface area contributed by atoms with Crippen molar-refractivity contribution in [1.29, 1.82) is 0 Å². The fourth-order valence-corrected chi connectivity index (χ4v) is 2.70. The fourth-order valence-electron chi connectivity index (χ4n) is 2.50. The predicted octanol–water partition coefficient (Wildman–Crippen LogP) is 1.77. The number of aromatic nitrogens is 4. The van der Waals surface area contributed by atoms with Gasteiger partial charge < -0.3 is 10.5 Å². The van der Waals surface area contributed by atoms with Gasteiger partial charge in [0.1, 0.15) is 11.6 Å². The number of rotatable bonds is 3. The summed E-state index contributed by atoms with van der Waals surface area (Å²) in [5.74, 6) is 0.0383. The Bertz CT molecular complexity index is 698. The van der Waals surface area contributed by atoms with Crippen molar-refractivity contribution < 1.29 is 17.9 Å². The van der Waals surface area contributed by atoms with Gasteiger partial charge in [0.2, 0.25) is 5.95 Å². The molecule has 1 aliphatic heterocycles. The van der Waals surface area contributed by atoms with Crippen molar-refractivity contribution in [3.05, 3.63) is 11.3 Å². The number of nitrogens with two attached hydrogens (primary N) is 1. The Labute approximate surface area is 134 Å². The van der Waals surface area contributed by atoms with E-state index in [-0.39, 0.29) is 23.2 Å². The van der Waals surface area contributed by atoms with Gasteiger partial charge in [-0.1, -0.05) is 11.6 Å². The molecule has 1 saturated heterocycles. The minimum Gasteiger partial charge on any atom is -0.460 e. The average Bonchev–Trinajstić information content (AvgIpc) is 2.75. The number of nitrogens with zero attached hydrogens (tertiary/aromatic N) is 5. The highest BCUT2D eigenvalue weighted by molar-refractivity contribution is 6.32. The Balaban J connectivity index is 1.66. The largest absolute Gasteiger partial charge is 0.460 e. The fraction of sp³-hybridized carbons (Fsp3) is 0.583. The van der Waals surface area contributed by atoms with Gasteiger partial charge in [-0.2, -0.15) is 22.7 Å². The van der Waals surface area contributed by atoms with E-state index in [1.54, 1.807) is 0 Å². The van der Waals surface area contributed by atoms with Crippen molar-refractivity contribution in [3.8, 4) is 6.01 Å². The van der Waals surface area contributed by atoms with Crippen LogP contribution in [0.1, 0.15) is 12.8 Å². The maximum absolute atomic E-state index is 12.4. The number of hydrogen-bond donors (Lipinski definition) is 1. The summed E-state index contributed by atoms with van der Waals surface area (Å²) >= 11 is 5.98. The Morgan fingerprint density at radius 3 is 2.70 bits per heavy atom. The number of imidazole rings is 1. The van der Waals surface area contributed by atoms with Crippen LogP contribution in [0.5, 0.6) is 6.01 Å². The number of anilines is 1. The molecule has 11 heteroatoms. The third-order valence-corrected chi connectivity index (χ3v) is 3.82. The third-order valence-electron chi connectivity index (χ3n) is 3.55. The van der Waals surface area contributed by atoms with E-state index in [9.17, 15) is 13.2 Å². The van der Waals surface area contributed by atoms with E-state index in [0.29, 0.717) is 31.4 Å². The van der Waals surface area contributed by atoms with E-state index < -0.39 is 12.7 Å². The number of alkyl halides is 3. The monoisotopic (exact) mass is 350 g/mol. The van der Waals surface area contributed by atoms with Crippen LogP contribution in [0.4, 0.5) is 19.1 Å². The topological polar surface area (TPSA) is 81.6 Å². The second-order valence-electron chi connectivity index (χ2n) is 5.31. The first-order chi connectivity index (χ1) is 10.8. The molecule has 3 rings (SSSR count). The molecule has 1 aliphatic rings. The molecule has 0 unspecified atom stereocenters. The number of halogens is 4. The van der Waals surface area contributed by atoms with Crippen molar-refractivity contribution in [2.45, 2.75) is 25.1 Å². The first kappa shape index (κ1) is 16.1. The zero-order valence-corrected chi connectivity index (χ0v) is 12.7.